The van der Waals surface area contributed by atoms with E-state index in [1.54, 1.807) is 0 Å². The van der Waals surface area contributed by atoms with Crippen LogP contribution in [0.1, 0.15) is 0 Å². The molecule has 0 spiro atoms. The van der Waals surface area contributed by atoms with Crippen molar-refractivity contribution < 1.29 is 23.8 Å². The molecular weight excluding hydrogens is 218 g/mol. The van der Waals surface area contributed by atoms with E-state index in [9.17, 15) is 23.8 Å². The highest BCUT2D eigenvalue weighted by Gasteiger charge is 2.65. The number of rotatable bonds is 1. The summed E-state index contributed by atoms with van der Waals surface area (Å²) in [6, 6.07) is 1.17. The Morgan fingerprint density at radius 3 is 1.77 bits per heavy atom. The first kappa shape index (κ1) is 10.2. The van der Waals surface area contributed by atoms with Crippen LogP contribution in [-0.4, -0.2) is 0 Å². The van der Waals surface area contributed by atoms with Crippen molar-refractivity contribution in [2.75, 3.05) is 0 Å². The monoisotopic (exact) mass is 222 g/mol. The Morgan fingerprint density at radius 1 is 0.923 bits per heavy atom. The fraction of sp³-hybridized carbons (Fsp3) is 0. The molecule has 0 saturated carbocycles. The molecule has 1 aromatic carbocycles. The Balaban J connectivity index is 3.41. The van der Waals surface area contributed by atoms with Gasteiger partial charge < -0.3 is 0 Å². The standard InChI is InChI=1S/C6H4F6S/c7-5-2-1-3-6(4-5)13(8,9,10,11)12/h1-4H. The normalized spacial score (nSPS) is 17.7. The zero-order chi connectivity index (χ0) is 10.4. The Labute approximate surface area is 69.9 Å². The van der Waals surface area contributed by atoms with Crippen LogP contribution in [-0.2, 0) is 0 Å². The lowest BCUT2D eigenvalue weighted by molar-refractivity contribution is 0.363. The zero-order valence-corrected chi connectivity index (χ0v) is 6.80. The highest BCUT2D eigenvalue weighted by atomic mass is 32.5. The van der Waals surface area contributed by atoms with Crippen molar-refractivity contribution in [3.05, 3.63) is 30.1 Å². The molecule has 0 fully saturated rings. The third-order valence-electron chi connectivity index (χ3n) is 1.24. The summed E-state index contributed by atoms with van der Waals surface area (Å²) in [6.45, 7) is 0. The predicted molar refractivity (Wildman–Crippen MR) is 37.8 cm³/mol. The minimum atomic E-state index is -9.70. The summed E-state index contributed by atoms with van der Waals surface area (Å²) in [4.78, 5) is -2.21. The number of benzene rings is 1. The molecule has 0 aliphatic rings. The van der Waals surface area contributed by atoms with Gasteiger partial charge in [-0.2, -0.15) is 0 Å². The van der Waals surface area contributed by atoms with E-state index in [2.05, 4.69) is 0 Å². The van der Waals surface area contributed by atoms with Crippen LogP contribution < -0.4 is 0 Å². The molecule has 76 valence electrons. The minimum absolute atomic E-state index is 0.143. The van der Waals surface area contributed by atoms with Crippen LogP contribution >= 0.6 is 10.2 Å². The molecule has 7 heteroatoms. The second kappa shape index (κ2) is 1.97. The Hall–Kier alpha value is -0.850. The molecule has 0 nitrogen and oxygen atoms in total. The van der Waals surface area contributed by atoms with Crippen molar-refractivity contribution in [2.24, 2.45) is 0 Å². The lowest BCUT2D eigenvalue weighted by Gasteiger charge is -2.40. The highest BCUT2D eigenvalue weighted by Crippen LogP contribution is 3.02. The van der Waals surface area contributed by atoms with Crippen molar-refractivity contribution in [3.8, 4) is 0 Å². The maximum absolute atomic E-state index is 12.2. The lowest BCUT2D eigenvalue weighted by atomic mass is 10.4. The van der Waals surface area contributed by atoms with Gasteiger partial charge in [0.1, 0.15) is 10.7 Å². The second-order valence-electron chi connectivity index (χ2n) is 2.43. The summed E-state index contributed by atoms with van der Waals surface area (Å²) < 4.78 is 72.0. The van der Waals surface area contributed by atoms with E-state index in [0.29, 0.717) is 12.1 Å². The molecule has 1 rings (SSSR count). The molecular formula is C6H4F6S. The van der Waals surface area contributed by atoms with Crippen LogP contribution in [0.25, 0.3) is 0 Å². The first-order valence-corrected chi connectivity index (χ1v) is 4.94. The third kappa shape index (κ3) is 2.55. The fourth-order valence-corrected chi connectivity index (χ4v) is 1.38. The molecule has 0 saturated heterocycles. The van der Waals surface area contributed by atoms with Crippen molar-refractivity contribution in [1.82, 2.24) is 0 Å². The van der Waals surface area contributed by atoms with Crippen LogP contribution in [0, 0.1) is 5.82 Å². The molecule has 1 aromatic rings. The first-order chi connectivity index (χ1) is 5.49. The quantitative estimate of drug-likeness (QED) is 0.614. The summed E-state index contributed by atoms with van der Waals surface area (Å²) in [5, 5.41) is 0. The Morgan fingerprint density at radius 2 is 1.46 bits per heavy atom. The average molecular weight is 222 g/mol. The van der Waals surface area contributed by atoms with Crippen molar-refractivity contribution >= 4 is 10.2 Å². The maximum Gasteiger partial charge on any atom is 0.310 e. The third-order valence-corrected chi connectivity index (χ3v) is 2.39. The predicted octanol–water partition coefficient (Wildman–Crippen LogP) is 4.48. The number of hydrogen-bond donors (Lipinski definition) is 0. The summed E-state index contributed by atoms with van der Waals surface area (Å²) in [5.74, 6) is -1.34. The highest BCUT2D eigenvalue weighted by molar-refractivity contribution is 8.45. The van der Waals surface area contributed by atoms with Crippen molar-refractivity contribution in [2.45, 2.75) is 4.90 Å². The van der Waals surface area contributed by atoms with Gasteiger partial charge in [-0.1, -0.05) is 25.5 Å². The SMILES string of the molecule is Fc1cccc(S(F)(F)(F)(F)F)c1. The molecule has 0 aliphatic carbocycles. The Kier molecular flexibility index (Phi) is 1.55. The van der Waals surface area contributed by atoms with E-state index in [1.165, 1.54) is 0 Å². The van der Waals surface area contributed by atoms with Gasteiger partial charge >= 0.3 is 10.2 Å². The van der Waals surface area contributed by atoms with E-state index in [-0.39, 0.29) is 12.1 Å². The van der Waals surface area contributed by atoms with Gasteiger partial charge in [0.2, 0.25) is 0 Å². The van der Waals surface area contributed by atoms with Crippen LogP contribution in [0.3, 0.4) is 0 Å². The lowest BCUT2D eigenvalue weighted by Crippen LogP contribution is -2.05. The second-order valence-corrected chi connectivity index (χ2v) is 4.84. The maximum atomic E-state index is 12.2. The van der Waals surface area contributed by atoms with Gasteiger partial charge in [-0.3, -0.25) is 0 Å². The molecule has 13 heavy (non-hydrogen) atoms. The van der Waals surface area contributed by atoms with Gasteiger partial charge in [-0.25, -0.2) is 4.39 Å². The topological polar surface area (TPSA) is 0 Å². The van der Waals surface area contributed by atoms with Gasteiger partial charge in [0.05, 0.1) is 0 Å². The molecule has 0 heterocycles. The summed E-state index contributed by atoms with van der Waals surface area (Å²) in [5.41, 5.74) is 0. The van der Waals surface area contributed by atoms with Gasteiger partial charge in [0, 0.05) is 0 Å². The van der Waals surface area contributed by atoms with Gasteiger partial charge in [-0.15, -0.1) is 0 Å². The molecule has 0 aromatic heterocycles. The first-order valence-electron chi connectivity index (χ1n) is 2.99. The molecule has 0 amide bonds. The summed E-state index contributed by atoms with van der Waals surface area (Å²) in [6.07, 6.45) is 0. The fourth-order valence-electron chi connectivity index (χ4n) is 0.707. The van der Waals surface area contributed by atoms with E-state index in [1.807, 2.05) is 0 Å². The van der Waals surface area contributed by atoms with E-state index in [4.69, 9.17) is 0 Å². The largest absolute Gasteiger partial charge is 0.310 e. The molecule has 0 aliphatic heterocycles. The van der Waals surface area contributed by atoms with Crippen molar-refractivity contribution in [1.29, 1.82) is 0 Å². The van der Waals surface area contributed by atoms with E-state index in [0.717, 1.165) is 0 Å². The van der Waals surface area contributed by atoms with Gasteiger partial charge in [0.15, 0.2) is 0 Å². The van der Waals surface area contributed by atoms with Crippen LogP contribution in [0.4, 0.5) is 23.8 Å². The number of hydrogen-bond acceptors (Lipinski definition) is 0. The average Bonchev–Trinajstić information content (AvgIpc) is 1.82. The van der Waals surface area contributed by atoms with E-state index >= 15 is 0 Å². The smallest absolute Gasteiger partial charge is 0.207 e. The molecule has 0 unspecified atom stereocenters. The van der Waals surface area contributed by atoms with Gasteiger partial charge in [0.25, 0.3) is 0 Å². The zero-order valence-electron chi connectivity index (χ0n) is 5.99. The number of halogens is 6. The van der Waals surface area contributed by atoms with E-state index < -0.39 is 20.9 Å². The van der Waals surface area contributed by atoms with Crippen molar-refractivity contribution in [3.63, 3.8) is 0 Å². The van der Waals surface area contributed by atoms with Crippen LogP contribution in [0.15, 0.2) is 29.2 Å². The molecule has 0 bridgehead atoms. The molecule has 0 atom stereocenters. The summed E-state index contributed by atoms with van der Waals surface area (Å²) in [7, 11) is -9.70. The van der Waals surface area contributed by atoms with Crippen LogP contribution in [0.5, 0.6) is 0 Å². The molecule has 0 N–H and O–H groups in total. The molecule has 0 radical (unpaired) electrons. The van der Waals surface area contributed by atoms with Crippen LogP contribution in [0.2, 0.25) is 0 Å². The minimum Gasteiger partial charge on any atom is -0.207 e. The van der Waals surface area contributed by atoms with Gasteiger partial charge in [-0.05, 0) is 18.2 Å². The summed E-state index contributed by atoms with van der Waals surface area (Å²) >= 11 is 0. The Bertz CT molecular complexity index is 338.